The summed E-state index contributed by atoms with van der Waals surface area (Å²) < 4.78 is 32.2. The van der Waals surface area contributed by atoms with Gasteiger partial charge in [-0.25, -0.2) is 13.4 Å². The first-order chi connectivity index (χ1) is 8.88. The van der Waals surface area contributed by atoms with Crippen molar-refractivity contribution in [3.63, 3.8) is 0 Å². The van der Waals surface area contributed by atoms with Gasteiger partial charge in [-0.2, -0.15) is 4.31 Å². The molecule has 7 heteroatoms. The van der Waals surface area contributed by atoms with Gasteiger partial charge in [0, 0.05) is 25.9 Å². The van der Waals surface area contributed by atoms with Crippen LogP contribution in [0.5, 0.6) is 0 Å². The fraction of sp³-hybridized carbons (Fsp3) is 0.583. The van der Waals surface area contributed by atoms with Crippen molar-refractivity contribution in [1.29, 1.82) is 0 Å². The van der Waals surface area contributed by atoms with E-state index in [0.717, 1.165) is 0 Å². The number of rotatable bonds is 3. The third-order valence-electron chi connectivity index (χ3n) is 3.14. The van der Waals surface area contributed by atoms with E-state index in [-0.39, 0.29) is 4.90 Å². The first-order valence-electron chi connectivity index (χ1n) is 6.12. The van der Waals surface area contributed by atoms with E-state index < -0.39 is 15.6 Å². The minimum Gasteiger partial charge on any atom is -0.378 e. The Kier molecular flexibility index (Phi) is 3.80. The van der Waals surface area contributed by atoms with Gasteiger partial charge in [-0.1, -0.05) is 0 Å². The number of sulfonamides is 1. The third-order valence-corrected chi connectivity index (χ3v) is 5.25. The fourth-order valence-corrected chi connectivity index (χ4v) is 3.89. The standard InChI is InChI=1S/C12H19N3O3S/c1-12(2)9-18-7-6-15(12)19(16,17)10-4-5-14-11(8-10)13-3/h4-5,8H,6-7,9H2,1-3H3,(H,13,14). The zero-order valence-electron chi connectivity index (χ0n) is 11.4. The molecule has 1 aromatic rings. The number of nitrogens with one attached hydrogen (secondary N) is 1. The van der Waals surface area contributed by atoms with Crippen LogP contribution in [0.15, 0.2) is 23.2 Å². The van der Waals surface area contributed by atoms with Crippen molar-refractivity contribution in [2.75, 3.05) is 32.1 Å². The van der Waals surface area contributed by atoms with Crippen LogP contribution in [0.4, 0.5) is 5.82 Å². The highest BCUT2D eigenvalue weighted by Gasteiger charge is 2.39. The Morgan fingerprint density at radius 1 is 1.47 bits per heavy atom. The minimum absolute atomic E-state index is 0.252. The van der Waals surface area contributed by atoms with Gasteiger partial charge in [-0.3, -0.25) is 0 Å². The third kappa shape index (κ3) is 2.72. The van der Waals surface area contributed by atoms with Crippen molar-refractivity contribution in [2.45, 2.75) is 24.3 Å². The average molecular weight is 285 g/mol. The molecular weight excluding hydrogens is 266 g/mol. The highest BCUT2D eigenvalue weighted by molar-refractivity contribution is 7.89. The molecule has 1 aromatic heterocycles. The van der Waals surface area contributed by atoms with Gasteiger partial charge in [0.2, 0.25) is 10.0 Å². The van der Waals surface area contributed by atoms with Gasteiger partial charge < -0.3 is 10.1 Å². The van der Waals surface area contributed by atoms with E-state index in [1.54, 1.807) is 13.1 Å². The SMILES string of the molecule is CNc1cc(S(=O)(=O)N2CCOCC2(C)C)ccn1. The first-order valence-corrected chi connectivity index (χ1v) is 7.56. The van der Waals surface area contributed by atoms with E-state index in [4.69, 9.17) is 4.74 Å². The molecule has 1 aliphatic heterocycles. The molecule has 0 atom stereocenters. The molecule has 1 aliphatic rings. The van der Waals surface area contributed by atoms with Crippen molar-refractivity contribution in [1.82, 2.24) is 9.29 Å². The summed E-state index contributed by atoms with van der Waals surface area (Å²) >= 11 is 0. The van der Waals surface area contributed by atoms with Crippen LogP contribution in [0.2, 0.25) is 0 Å². The van der Waals surface area contributed by atoms with E-state index in [1.165, 1.54) is 16.6 Å². The molecule has 2 rings (SSSR count). The van der Waals surface area contributed by atoms with E-state index in [2.05, 4.69) is 10.3 Å². The second-order valence-corrected chi connectivity index (χ2v) is 6.93. The maximum Gasteiger partial charge on any atom is 0.243 e. The second kappa shape index (κ2) is 5.07. The molecule has 0 unspecified atom stereocenters. The molecule has 6 nitrogen and oxygen atoms in total. The largest absolute Gasteiger partial charge is 0.378 e. The van der Waals surface area contributed by atoms with E-state index in [0.29, 0.717) is 25.6 Å². The van der Waals surface area contributed by atoms with Gasteiger partial charge in [-0.15, -0.1) is 0 Å². The highest BCUT2D eigenvalue weighted by Crippen LogP contribution is 2.27. The second-order valence-electron chi connectivity index (χ2n) is 5.07. The summed E-state index contributed by atoms with van der Waals surface area (Å²) in [6, 6.07) is 3.06. The lowest BCUT2D eigenvalue weighted by Gasteiger charge is -2.40. The van der Waals surface area contributed by atoms with Crippen LogP contribution in [0, 0.1) is 0 Å². The molecule has 0 spiro atoms. The van der Waals surface area contributed by atoms with Crippen molar-refractivity contribution in [3.05, 3.63) is 18.3 Å². The number of aromatic nitrogens is 1. The number of hydrogen-bond acceptors (Lipinski definition) is 5. The molecule has 0 amide bonds. The summed E-state index contributed by atoms with van der Waals surface area (Å²) in [5, 5.41) is 2.84. The maximum absolute atomic E-state index is 12.7. The molecule has 0 aliphatic carbocycles. The van der Waals surface area contributed by atoms with Gasteiger partial charge in [-0.05, 0) is 19.9 Å². The van der Waals surface area contributed by atoms with Gasteiger partial charge in [0.1, 0.15) is 5.82 Å². The van der Waals surface area contributed by atoms with Crippen LogP contribution in [0.1, 0.15) is 13.8 Å². The molecule has 0 bridgehead atoms. The Balaban J connectivity index is 2.41. The number of anilines is 1. The van der Waals surface area contributed by atoms with Crippen LogP contribution < -0.4 is 5.32 Å². The van der Waals surface area contributed by atoms with Crippen LogP contribution in [0.25, 0.3) is 0 Å². The van der Waals surface area contributed by atoms with Crippen LogP contribution >= 0.6 is 0 Å². The number of pyridine rings is 1. The summed E-state index contributed by atoms with van der Waals surface area (Å²) in [6.45, 7) is 4.92. The molecule has 1 saturated heterocycles. The zero-order valence-corrected chi connectivity index (χ0v) is 12.2. The van der Waals surface area contributed by atoms with Crippen molar-refractivity contribution >= 4 is 15.8 Å². The Hall–Kier alpha value is -1.18. The number of morpholine rings is 1. The van der Waals surface area contributed by atoms with Gasteiger partial charge in [0.15, 0.2) is 0 Å². The van der Waals surface area contributed by atoms with Crippen LogP contribution in [-0.4, -0.2) is 50.1 Å². The Morgan fingerprint density at radius 3 is 2.84 bits per heavy atom. The van der Waals surface area contributed by atoms with Crippen molar-refractivity contribution in [2.24, 2.45) is 0 Å². The highest BCUT2D eigenvalue weighted by atomic mass is 32.2. The molecule has 0 saturated carbocycles. The van der Waals surface area contributed by atoms with Gasteiger partial charge in [0.05, 0.1) is 23.6 Å². The molecule has 106 valence electrons. The van der Waals surface area contributed by atoms with E-state index >= 15 is 0 Å². The topological polar surface area (TPSA) is 71.5 Å². The molecule has 2 heterocycles. The molecule has 0 radical (unpaired) electrons. The Labute approximate surface area is 113 Å². The zero-order chi connectivity index (χ0) is 14.1. The lowest BCUT2D eigenvalue weighted by Crippen LogP contribution is -2.55. The van der Waals surface area contributed by atoms with Gasteiger partial charge >= 0.3 is 0 Å². The smallest absolute Gasteiger partial charge is 0.243 e. The summed E-state index contributed by atoms with van der Waals surface area (Å²) in [7, 11) is -1.82. The van der Waals surface area contributed by atoms with Crippen molar-refractivity contribution < 1.29 is 13.2 Å². The normalized spacial score (nSPS) is 20.2. The molecule has 1 N–H and O–H groups in total. The lowest BCUT2D eigenvalue weighted by molar-refractivity contribution is -0.00770. The van der Waals surface area contributed by atoms with E-state index in [9.17, 15) is 8.42 Å². The quantitative estimate of drug-likeness (QED) is 0.894. The molecule has 19 heavy (non-hydrogen) atoms. The summed E-state index contributed by atoms with van der Waals surface area (Å²) in [6.07, 6.45) is 1.49. The Morgan fingerprint density at radius 2 is 2.21 bits per heavy atom. The fourth-order valence-electron chi connectivity index (χ4n) is 2.13. The van der Waals surface area contributed by atoms with Gasteiger partial charge in [0.25, 0.3) is 0 Å². The van der Waals surface area contributed by atoms with E-state index in [1.807, 2.05) is 13.8 Å². The molecule has 1 fully saturated rings. The first kappa shape index (κ1) is 14.2. The van der Waals surface area contributed by atoms with Crippen LogP contribution in [0.3, 0.4) is 0 Å². The predicted molar refractivity (Wildman–Crippen MR) is 72.6 cm³/mol. The average Bonchev–Trinajstić information content (AvgIpc) is 2.38. The minimum atomic E-state index is -3.53. The number of ether oxygens (including phenoxy) is 1. The number of hydrogen-bond donors (Lipinski definition) is 1. The van der Waals surface area contributed by atoms with Crippen molar-refractivity contribution in [3.8, 4) is 0 Å². The van der Waals surface area contributed by atoms with Crippen LogP contribution in [-0.2, 0) is 14.8 Å². The molecular formula is C12H19N3O3S. The lowest BCUT2D eigenvalue weighted by atomic mass is 10.1. The predicted octanol–water partition coefficient (Wildman–Crippen LogP) is 0.923. The summed E-state index contributed by atoms with van der Waals surface area (Å²) in [5.41, 5.74) is -0.542. The number of nitrogens with zero attached hydrogens (tertiary/aromatic N) is 2. The summed E-state index contributed by atoms with van der Waals surface area (Å²) in [5.74, 6) is 0.534. The Bertz CT molecular complexity index is 557. The maximum atomic E-state index is 12.7. The molecule has 0 aromatic carbocycles. The monoisotopic (exact) mass is 285 g/mol. The summed E-state index contributed by atoms with van der Waals surface area (Å²) in [4.78, 5) is 4.29.